The molecule has 0 bridgehead atoms. The first-order chi connectivity index (χ1) is 11.6. The normalized spacial score (nSPS) is 20.4. The summed E-state index contributed by atoms with van der Waals surface area (Å²) in [7, 11) is 0. The average Bonchev–Trinajstić information content (AvgIpc) is 2.93. The molecule has 2 aromatic rings. The van der Waals surface area contributed by atoms with Gasteiger partial charge in [0, 0.05) is 17.9 Å². The quantitative estimate of drug-likeness (QED) is 0.845. The molecule has 5 heteroatoms. The Kier molecular flexibility index (Phi) is 4.90. The maximum Gasteiger partial charge on any atom is 0.309 e. The van der Waals surface area contributed by atoms with Gasteiger partial charge in [0.05, 0.1) is 12.0 Å². The van der Waals surface area contributed by atoms with Crippen LogP contribution in [0.15, 0.2) is 59.5 Å². The van der Waals surface area contributed by atoms with Crippen LogP contribution in [0.5, 0.6) is 0 Å². The Labute approximate surface area is 145 Å². The first-order valence-corrected chi connectivity index (χ1v) is 9.03. The Balaban J connectivity index is 1.94. The third kappa shape index (κ3) is 3.31. The van der Waals surface area contributed by atoms with Crippen LogP contribution < -0.4 is 0 Å². The standard InChI is InChI=1S/C19H19NO3S/c1-24-15-9-7-14(8-10-15)18-16(19(22)23)11-17(21)20(18)12-13-5-3-2-4-6-13/h2-10,16,18H,11-12H2,1H3,(H,22,23)/t16-,18+/m1/s1. The second kappa shape index (κ2) is 7.09. The molecule has 24 heavy (non-hydrogen) atoms. The Morgan fingerprint density at radius 1 is 1.17 bits per heavy atom. The van der Waals surface area contributed by atoms with Crippen molar-refractivity contribution < 1.29 is 14.7 Å². The van der Waals surface area contributed by atoms with Crippen LogP contribution in [-0.2, 0) is 16.1 Å². The highest BCUT2D eigenvalue weighted by Gasteiger charge is 2.44. The lowest BCUT2D eigenvalue weighted by Gasteiger charge is -2.27. The van der Waals surface area contributed by atoms with Crippen LogP contribution >= 0.6 is 11.8 Å². The Morgan fingerprint density at radius 3 is 2.42 bits per heavy atom. The van der Waals surface area contributed by atoms with Crippen molar-refractivity contribution in [3.8, 4) is 0 Å². The zero-order valence-corrected chi connectivity index (χ0v) is 14.2. The minimum absolute atomic E-state index is 0.0527. The zero-order chi connectivity index (χ0) is 17.1. The number of hydrogen-bond donors (Lipinski definition) is 1. The van der Waals surface area contributed by atoms with Gasteiger partial charge in [-0.15, -0.1) is 11.8 Å². The van der Waals surface area contributed by atoms with Gasteiger partial charge >= 0.3 is 5.97 Å². The Bertz CT molecular complexity index is 730. The summed E-state index contributed by atoms with van der Waals surface area (Å²) in [6.07, 6.45) is 2.05. The van der Waals surface area contributed by atoms with Gasteiger partial charge in [0.15, 0.2) is 0 Å². The molecule has 0 saturated carbocycles. The third-order valence-electron chi connectivity index (χ3n) is 4.40. The summed E-state index contributed by atoms with van der Waals surface area (Å²) < 4.78 is 0. The molecular formula is C19H19NO3S. The highest BCUT2D eigenvalue weighted by molar-refractivity contribution is 7.98. The number of likely N-dealkylation sites (tertiary alicyclic amines) is 1. The monoisotopic (exact) mass is 341 g/mol. The number of aliphatic carboxylic acids is 1. The van der Waals surface area contributed by atoms with Gasteiger partial charge in [0.1, 0.15) is 0 Å². The molecule has 1 heterocycles. The molecule has 0 radical (unpaired) electrons. The number of carbonyl (C=O) groups is 2. The van der Waals surface area contributed by atoms with Gasteiger partial charge in [0.2, 0.25) is 5.91 Å². The number of carbonyl (C=O) groups excluding carboxylic acids is 1. The van der Waals surface area contributed by atoms with Crippen molar-refractivity contribution in [3.05, 3.63) is 65.7 Å². The lowest BCUT2D eigenvalue weighted by atomic mass is 9.93. The topological polar surface area (TPSA) is 57.6 Å². The molecule has 0 unspecified atom stereocenters. The third-order valence-corrected chi connectivity index (χ3v) is 5.15. The molecule has 1 amide bonds. The molecule has 4 nitrogen and oxygen atoms in total. The van der Waals surface area contributed by atoms with E-state index in [-0.39, 0.29) is 12.3 Å². The molecule has 124 valence electrons. The molecule has 0 aromatic heterocycles. The fraction of sp³-hybridized carbons (Fsp3) is 0.263. The zero-order valence-electron chi connectivity index (χ0n) is 13.4. The van der Waals surface area contributed by atoms with Gasteiger partial charge in [0.25, 0.3) is 0 Å². The molecule has 1 N–H and O–H groups in total. The fourth-order valence-electron chi connectivity index (χ4n) is 3.19. The lowest BCUT2D eigenvalue weighted by Crippen LogP contribution is -2.30. The van der Waals surface area contributed by atoms with Crippen LogP contribution in [-0.4, -0.2) is 28.1 Å². The molecule has 1 aliphatic rings. The van der Waals surface area contributed by atoms with Crippen molar-refractivity contribution in [1.29, 1.82) is 0 Å². The summed E-state index contributed by atoms with van der Waals surface area (Å²) in [5, 5.41) is 9.56. The summed E-state index contributed by atoms with van der Waals surface area (Å²) in [6.45, 7) is 0.429. The molecule has 2 atom stereocenters. The first kappa shape index (κ1) is 16.6. The summed E-state index contributed by atoms with van der Waals surface area (Å²) in [5.74, 6) is -1.73. The van der Waals surface area contributed by atoms with Gasteiger partial charge < -0.3 is 10.0 Å². The number of nitrogens with zero attached hydrogens (tertiary/aromatic N) is 1. The van der Waals surface area contributed by atoms with E-state index in [0.29, 0.717) is 6.54 Å². The van der Waals surface area contributed by atoms with Crippen LogP contribution in [0.1, 0.15) is 23.6 Å². The predicted octanol–water partition coefficient (Wildman–Crippen LogP) is 3.58. The number of carboxylic acid groups (broad SMARTS) is 1. The van der Waals surface area contributed by atoms with Crippen molar-refractivity contribution >= 4 is 23.6 Å². The van der Waals surface area contributed by atoms with Gasteiger partial charge in [-0.1, -0.05) is 42.5 Å². The molecule has 0 aliphatic carbocycles. The number of rotatable bonds is 5. The molecule has 1 fully saturated rings. The largest absolute Gasteiger partial charge is 0.481 e. The van der Waals surface area contributed by atoms with E-state index in [0.717, 1.165) is 16.0 Å². The maximum absolute atomic E-state index is 12.5. The Hall–Kier alpha value is -2.27. The van der Waals surface area contributed by atoms with Crippen molar-refractivity contribution in [2.75, 3.05) is 6.26 Å². The van der Waals surface area contributed by atoms with Crippen molar-refractivity contribution in [1.82, 2.24) is 4.90 Å². The van der Waals surface area contributed by atoms with E-state index in [2.05, 4.69) is 0 Å². The van der Waals surface area contributed by atoms with Gasteiger partial charge in [-0.25, -0.2) is 0 Å². The predicted molar refractivity (Wildman–Crippen MR) is 93.7 cm³/mol. The molecule has 2 aromatic carbocycles. The summed E-state index contributed by atoms with van der Waals surface area (Å²) in [4.78, 5) is 26.9. The minimum atomic E-state index is -0.919. The fourth-order valence-corrected chi connectivity index (χ4v) is 3.60. The highest BCUT2D eigenvalue weighted by atomic mass is 32.2. The van der Waals surface area contributed by atoms with Crippen LogP contribution in [0, 0.1) is 5.92 Å². The van der Waals surface area contributed by atoms with E-state index < -0.39 is 17.9 Å². The van der Waals surface area contributed by atoms with Gasteiger partial charge in [-0.3, -0.25) is 9.59 Å². The second-order valence-electron chi connectivity index (χ2n) is 5.87. The van der Waals surface area contributed by atoms with E-state index >= 15 is 0 Å². The molecule has 1 aliphatic heterocycles. The van der Waals surface area contributed by atoms with E-state index in [1.54, 1.807) is 16.7 Å². The van der Waals surface area contributed by atoms with Crippen molar-refractivity contribution in [3.63, 3.8) is 0 Å². The maximum atomic E-state index is 12.5. The van der Waals surface area contributed by atoms with Crippen LogP contribution in [0.25, 0.3) is 0 Å². The minimum Gasteiger partial charge on any atom is -0.481 e. The lowest BCUT2D eigenvalue weighted by molar-refractivity contribution is -0.142. The van der Waals surface area contributed by atoms with Crippen molar-refractivity contribution in [2.24, 2.45) is 5.92 Å². The first-order valence-electron chi connectivity index (χ1n) is 7.80. The number of carboxylic acids is 1. The van der Waals surface area contributed by atoms with Crippen molar-refractivity contribution in [2.45, 2.75) is 23.9 Å². The smallest absolute Gasteiger partial charge is 0.309 e. The summed E-state index contributed by atoms with van der Waals surface area (Å²) in [5.41, 5.74) is 1.88. The van der Waals surface area contributed by atoms with Crippen LogP contribution in [0.2, 0.25) is 0 Å². The van der Waals surface area contributed by atoms with E-state index in [4.69, 9.17) is 0 Å². The van der Waals surface area contributed by atoms with E-state index in [1.807, 2.05) is 60.9 Å². The molecular weight excluding hydrogens is 322 g/mol. The van der Waals surface area contributed by atoms with Gasteiger partial charge in [-0.05, 0) is 29.5 Å². The van der Waals surface area contributed by atoms with E-state index in [9.17, 15) is 14.7 Å². The second-order valence-corrected chi connectivity index (χ2v) is 6.75. The molecule has 0 spiro atoms. The van der Waals surface area contributed by atoms with Gasteiger partial charge in [-0.2, -0.15) is 0 Å². The highest BCUT2D eigenvalue weighted by Crippen LogP contribution is 2.39. The average molecular weight is 341 g/mol. The molecule has 3 rings (SSSR count). The number of benzene rings is 2. The summed E-state index contributed by atoms with van der Waals surface area (Å²) >= 11 is 1.63. The Morgan fingerprint density at radius 2 is 1.83 bits per heavy atom. The number of thioether (sulfide) groups is 1. The van der Waals surface area contributed by atoms with Crippen LogP contribution in [0.4, 0.5) is 0 Å². The van der Waals surface area contributed by atoms with Crippen LogP contribution in [0.3, 0.4) is 0 Å². The number of amides is 1. The number of hydrogen-bond acceptors (Lipinski definition) is 3. The SMILES string of the molecule is CSc1ccc([C@H]2[C@H](C(=O)O)CC(=O)N2Cc2ccccc2)cc1. The summed E-state index contributed by atoms with van der Waals surface area (Å²) in [6, 6.07) is 17.1. The van der Waals surface area contributed by atoms with E-state index in [1.165, 1.54) is 0 Å². The molecule has 1 saturated heterocycles.